The Morgan fingerprint density at radius 1 is 1.17 bits per heavy atom. The van der Waals surface area contributed by atoms with Gasteiger partial charge in [-0.2, -0.15) is 0 Å². The van der Waals surface area contributed by atoms with Crippen LogP contribution in [0.3, 0.4) is 0 Å². The number of anilines is 2. The summed E-state index contributed by atoms with van der Waals surface area (Å²) in [5.41, 5.74) is 0.726. The number of aliphatic imine (C=N–C) groups is 1. The number of aromatic nitrogens is 1. The van der Waals surface area contributed by atoms with Gasteiger partial charge in [0.1, 0.15) is 18.2 Å². The maximum atomic E-state index is 11.2. The molecule has 0 radical (unpaired) electrons. The molecule has 8 nitrogen and oxygen atoms in total. The normalized spacial score (nSPS) is 14.0. The van der Waals surface area contributed by atoms with Crippen molar-refractivity contribution >= 4 is 47.3 Å². The topological polar surface area (TPSA) is 82.1 Å². The molecule has 2 N–H and O–H groups in total. The number of nitrogens with one attached hydrogen (secondary N) is 2. The molecule has 1 aliphatic rings. The lowest BCUT2D eigenvalue weighted by atomic mass is 10.3. The van der Waals surface area contributed by atoms with Crippen LogP contribution in [-0.2, 0) is 4.79 Å². The second-order valence-electron chi connectivity index (χ2n) is 6.69. The second kappa shape index (κ2) is 12.2. The number of carbonyl (C=O) groups excluding carboxylic acids is 1. The van der Waals surface area contributed by atoms with Gasteiger partial charge in [-0.25, -0.2) is 4.98 Å². The first-order valence-corrected chi connectivity index (χ1v) is 9.78. The largest absolute Gasteiger partial charge is 0.492 e. The fraction of sp³-hybridized carbons (Fsp3) is 0.381. The zero-order chi connectivity index (χ0) is 20.5. The Morgan fingerprint density at radius 2 is 1.97 bits per heavy atom. The van der Waals surface area contributed by atoms with Crippen LogP contribution in [0, 0.1) is 0 Å². The number of carbonyl (C=O) groups is 1. The van der Waals surface area contributed by atoms with Gasteiger partial charge in [-0.1, -0.05) is 12.1 Å². The van der Waals surface area contributed by atoms with E-state index in [1.54, 1.807) is 7.05 Å². The van der Waals surface area contributed by atoms with Gasteiger partial charge in [0.15, 0.2) is 5.96 Å². The zero-order valence-electron chi connectivity index (χ0n) is 17.4. The van der Waals surface area contributed by atoms with Gasteiger partial charge < -0.3 is 25.2 Å². The molecular formula is C21H29IN6O2. The molecule has 2 heterocycles. The van der Waals surface area contributed by atoms with E-state index < -0.39 is 0 Å². The van der Waals surface area contributed by atoms with E-state index in [4.69, 9.17) is 4.74 Å². The number of pyridine rings is 1. The minimum Gasteiger partial charge on any atom is -0.492 e. The number of rotatable bonds is 6. The molecule has 3 rings (SSSR count). The van der Waals surface area contributed by atoms with Gasteiger partial charge in [-0.05, 0) is 24.3 Å². The van der Waals surface area contributed by atoms with Crippen LogP contribution < -0.4 is 20.3 Å². The van der Waals surface area contributed by atoms with Crippen molar-refractivity contribution in [2.75, 3.05) is 56.6 Å². The summed E-state index contributed by atoms with van der Waals surface area (Å²) in [6, 6.07) is 13.4. The van der Waals surface area contributed by atoms with Crippen molar-refractivity contribution in [1.29, 1.82) is 0 Å². The van der Waals surface area contributed by atoms with Crippen molar-refractivity contribution in [2.45, 2.75) is 6.92 Å². The molecule has 1 saturated heterocycles. The Kier molecular flexibility index (Phi) is 9.65. The van der Waals surface area contributed by atoms with Crippen molar-refractivity contribution in [3.63, 3.8) is 0 Å². The predicted octanol–water partition coefficient (Wildman–Crippen LogP) is 2.43. The summed E-state index contributed by atoms with van der Waals surface area (Å²) < 4.78 is 5.78. The van der Waals surface area contributed by atoms with Gasteiger partial charge in [-0.15, -0.1) is 24.0 Å². The van der Waals surface area contributed by atoms with E-state index in [9.17, 15) is 4.79 Å². The third-order valence-electron chi connectivity index (χ3n) is 4.57. The molecule has 1 aliphatic heterocycles. The van der Waals surface area contributed by atoms with Crippen LogP contribution >= 0.6 is 24.0 Å². The lowest BCUT2D eigenvalue weighted by Crippen LogP contribution is -2.53. The van der Waals surface area contributed by atoms with Crippen LogP contribution in [-0.4, -0.2) is 68.1 Å². The molecule has 30 heavy (non-hydrogen) atoms. The molecule has 0 aliphatic carbocycles. The number of piperazine rings is 1. The van der Waals surface area contributed by atoms with Gasteiger partial charge in [-0.3, -0.25) is 9.79 Å². The van der Waals surface area contributed by atoms with Gasteiger partial charge in [0.25, 0.3) is 0 Å². The van der Waals surface area contributed by atoms with Crippen molar-refractivity contribution in [1.82, 2.24) is 15.2 Å². The first-order valence-electron chi connectivity index (χ1n) is 9.78. The Balaban J connectivity index is 0.00000320. The highest BCUT2D eigenvalue weighted by Gasteiger charge is 2.20. The standard InChI is InChI=1S/C21H28N6O2.HI/c1-17(28)25-18-6-5-7-19(16-18)29-15-10-24-21(22-2)27-13-11-26(12-14-27)20-8-3-4-9-23-20;/h3-9,16H,10-15H2,1-2H3,(H,22,24)(H,25,28);1H. The molecule has 0 saturated carbocycles. The second-order valence-corrected chi connectivity index (χ2v) is 6.69. The third-order valence-corrected chi connectivity index (χ3v) is 4.57. The lowest BCUT2D eigenvalue weighted by molar-refractivity contribution is -0.114. The molecule has 1 fully saturated rings. The number of halogens is 1. The van der Waals surface area contributed by atoms with E-state index in [0.717, 1.165) is 49.4 Å². The van der Waals surface area contributed by atoms with E-state index in [0.29, 0.717) is 13.2 Å². The molecule has 162 valence electrons. The van der Waals surface area contributed by atoms with Crippen LogP contribution in [0.25, 0.3) is 0 Å². The first kappa shape index (κ1) is 23.7. The van der Waals surface area contributed by atoms with Gasteiger partial charge in [0.05, 0.1) is 6.54 Å². The molecule has 0 spiro atoms. The Bertz CT molecular complexity index is 825. The number of ether oxygens (including phenoxy) is 1. The summed E-state index contributed by atoms with van der Waals surface area (Å²) in [5, 5.41) is 6.11. The fourth-order valence-electron chi connectivity index (χ4n) is 3.22. The molecule has 9 heteroatoms. The predicted molar refractivity (Wildman–Crippen MR) is 131 cm³/mol. The summed E-state index contributed by atoms with van der Waals surface area (Å²) in [5.74, 6) is 2.51. The summed E-state index contributed by atoms with van der Waals surface area (Å²) in [6.45, 7) is 6.20. The molecule has 2 aromatic rings. The molecule has 0 bridgehead atoms. The smallest absolute Gasteiger partial charge is 0.221 e. The molecule has 0 unspecified atom stereocenters. The summed E-state index contributed by atoms with van der Waals surface area (Å²) in [6.07, 6.45) is 1.83. The zero-order valence-corrected chi connectivity index (χ0v) is 19.7. The molecule has 0 atom stereocenters. The fourth-order valence-corrected chi connectivity index (χ4v) is 3.22. The van der Waals surface area contributed by atoms with E-state index >= 15 is 0 Å². The molecular weight excluding hydrogens is 495 g/mol. The lowest BCUT2D eigenvalue weighted by Gasteiger charge is -2.37. The highest BCUT2D eigenvalue weighted by molar-refractivity contribution is 14.0. The van der Waals surface area contributed by atoms with Crippen LogP contribution in [0.4, 0.5) is 11.5 Å². The third kappa shape index (κ3) is 7.05. The van der Waals surface area contributed by atoms with Crippen molar-refractivity contribution < 1.29 is 9.53 Å². The summed E-state index contributed by atoms with van der Waals surface area (Å²) in [7, 11) is 1.80. The average Bonchev–Trinajstić information content (AvgIpc) is 2.74. The van der Waals surface area contributed by atoms with Crippen molar-refractivity contribution in [2.24, 2.45) is 4.99 Å². The van der Waals surface area contributed by atoms with Crippen molar-refractivity contribution in [3.8, 4) is 5.75 Å². The molecule has 1 aromatic carbocycles. The Hall–Kier alpha value is -2.56. The van der Waals surface area contributed by atoms with E-state index in [2.05, 4.69) is 30.4 Å². The van der Waals surface area contributed by atoms with E-state index in [1.807, 2.05) is 48.7 Å². The summed E-state index contributed by atoms with van der Waals surface area (Å²) >= 11 is 0. The van der Waals surface area contributed by atoms with Crippen molar-refractivity contribution in [3.05, 3.63) is 48.7 Å². The summed E-state index contributed by atoms with van der Waals surface area (Å²) in [4.78, 5) is 24.5. The number of benzene rings is 1. The van der Waals surface area contributed by atoms with E-state index in [-0.39, 0.29) is 29.9 Å². The van der Waals surface area contributed by atoms with Crippen LogP contribution in [0.1, 0.15) is 6.92 Å². The quantitative estimate of drug-likeness (QED) is 0.262. The SMILES string of the molecule is CN=C(NCCOc1cccc(NC(C)=O)c1)N1CCN(c2ccccn2)CC1.I. The number of hydrogen-bond acceptors (Lipinski definition) is 5. The minimum atomic E-state index is -0.101. The molecule has 1 amide bonds. The number of guanidine groups is 1. The minimum absolute atomic E-state index is 0. The van der Waals surface area contributed by atoms with Crippen LogP contribution in [0.15, 0.2) is 53.7 Å². The highest BCUT2D eigenvalue weighted by Crippen LogP contribution is 2.17. The maximum Gasteiger partial charge on any atom is 0.221 e. The first-order chi connectivity index (χ1) is 14.2. The number of nitrogens with zero attached hydrogens (tertiary/aromatic N) is 4. The molecule has 1 aromatic heterocycles. The van der Waals surface area contributed by atoms with Gasteiger partial charge in [0, 0.05) is 58.1 Å². The average molecular weight is 524 g/mol. The number of hydrogen-bond donors (Lipinski definition) is 2. The highest BCUT2D eigenvalue weighted by atomic mass is 127. The Morgan fingerprint density at radius 3 is 2.63 bits per heavy atom. The van der Waals surface area contributed by atoms with Gasteiger partial charge in [0.2, 0.25) is 5.91 Å². The maximum absolute atomic E-state index is 11.2. The van der Waals surface area contributed by atoms with Gasteiger partial charge >= 0.3 is 0 Å². The Labute approximate surface area is 194 Å². The van der Waals surface area contributed by atoms with Crippen LogP contribution in [0.2, 0.25) is 0 Å². The number of amides is 1. The van der Waals surface area contributed by atoms with E-state index in [1.165, 1.54) is 6.92 Å². The van der Waals surface area contributed by atoms with Crippen LogP contribution in [0.5, 0.6) is 5.75 Å². The monoisotopic (exact) mass is 524 g/mol.